The number of halogens is 1. The molecule has 0 spiro atoms. The first-order valence-corrected chi connectivity index (χ1v) is 9.39. The van der Waals surface area contributed by atoms with Crippen LogP contribution in [0.1, 0.15) is 27.7 Å². The second kappa shape index (κ2) is 7.95. The van der Waals surface area contributed by atoms with Crippen molar-refractivity contribution in [3.63, 3.8) is 0 Å². The van der Waals surface area contributed by atoms with Gasteiger partial charge < -0.3 is 10.5 Å². The lowest BCUT2D eigenvalue weighted by Gasteiger charge is -2.41. The summed E-state index contributed by atoms with van der Waals surface area (Å²) in [6, 6.07) is 0. The molecule has 23 heavy (non-hydrogen) atoms. The van der Waals surface area contributed by atoms with E-state index in [0.29, 0.717) is 26.2 Å². The van der Waals surface area contributed by atoms with Crippen molar-refractivity contribution in [3.8, 4) is 0 Å². The molecule has 0 amide bonds. The summed E-state index contributed by atoms with van der Waals surface area (Å²) in [7, 11) is -3.39. The van der Waals surface area contributed by atoms with Gasteiger partial charge in [0.05, 0.1) is 12.2 Å². The van der Waals surface area contributed by atoms with Gasteiger partial charge in [0.15, 0.2) is 0 Å². The number of rotatable bonds is 4. The van der Waals surface area contributed by atoms with Gasteiger partial charge >= 0.3 is 0 Å². The highest BCUT2D eigenvalue weighted by Gasteiger charge is 2.36. The second-order valence-electron chi connectivity index (χ2n) is 7.25. The van der Waals surface area contributed by atoms with Gasteiger partial charge in [0, 0.05) is 51.4 Å². The smallest absolute Gasteiger partial charge is 0.282 e. The monoisotopic (exact) mass is 370 g/mol. The molecule has 2 heterocycles. The Morgan fingerprint density at radius 1 is 1.04 bits per heavy atom. The van der Waals surface area contributed by atoms with Gasteiger partial charge in [0.2, 0.25) is 0 Å². The minimum atomic E-state index is -3.39. The number of hydrogen-bond donors (Lipinski definition) is 1. The van der Waals surface area contributed by atoms with Crippen molar-refractivity contribution in [2.75, 3.05) is 45.8 Å². The predicted molar refractivity (Wildman–Crippen MR) is 94.0 cm³/mol. The van der Waals surface area contributed by atoms with Gasteiger partial charge in [-0.25, -0.2) is 0 Å². The molecule has 2 rings (SSSR count). The van der Waals surface area contributed by atoms with E-state index in [4.69, 9.17) is 10.5 Å². The molecule has 0 aromatic heterocycles. The number of morpholine rings is 1. The molecule has 0 aromatic rings. The third-order valence-corrected chi connectivity index (χ3v) is 5.97. The lowest BCUT2D eigenvalue weighted by Crippen LogP contribution is -2.58. The van der Waals surface area contributed by atoms with E-state index in [1.807, 2.05) is 27.7 Å². The molecule has 2 fully saturated rings. The van der Waals surface area contributed by atoms with Crippen molar-refractivity contribution in [3.05, 3.63) is 0 Å². The Morgan fingerprint density at radius 3 is 1.96 bits per heavy atom. The Bertz CT molecular complexity index is 465. The van der Waals surface area contributed by atoms with Crippen molar-refractivity contribution < 1.29 is 13.2 Å². The van der Waals surface area contributed by atoms with Crippen LogP contribution in [0.15, 0.2) is 0 Å². The normalized spacial score (nSPS) is 29.3. The van der Waals surface area contributed by atoms with Gasteiger partial charge in [-0.05, 0) is 27.7 Å². The molecule has 2 saturated heterocycles. The molecule has 2 aliphatic rings. The molecular formula is C14H31ClN4O3S. The first-order valence-electron chi connectivity index (χ1n) is 8.00. The highest BCUT2D eigenvalue weighted by Crippen LogP contribution is 2.19. The van der Waals surface area contributed by atoms with E-state index in [0.717, 1.165) is 19.6 Å². The molecule has 2 atom stereocenters. The third kappa shape index (κ3) is 5.81. The lowest BCUT2D eigenvalue weighted by atomic mass is 10.1. The summed E-state index contributed by atoms with van der Waals surface area (Å²) >= 11 is 0. The van der Waals surface area contributed by atoms with Gasteiger partial charge in [-0.3, -0.25) is 4.90 Å². The van der Waals surface area contributed by atoms with Gasteiger partial charge in [0.1, 0.15) is 0 Å². The highest BCUT2D eigenvalue weighted by atomic mass is 35.5. The Balaban J connectivity index is 0.00000264. The van der Waals surface area contributed by atoms with Crippen LogP contribution in [0.5, 0.6) is 0 Å². The molecule has 0 bridgehead atoms. The maximum absolute atomic E-state index is 12.8. The van der Waals surface area contributed by atoms with Gasteiger partial charge in [-0.15, -0.1) is 12.4 Å². The summed E-state index contributed by atoms with van der Waals surface area (Å²) in [5.74, 6) is 0. The predicted octanol–water partition coefficient (Wildman–Crippen LogP) is 0.117. The van der Waals surface area contributed by atoms with Crippen LogP contribution in [0.25, 0.3) is 0 Å². The van der Waals surface area contributed by atoms with Crippen LogP contribution in [-0.2, 0) is 14.9 Å². The molecular weight excluding hydrogens is 340 g/mol. The number of ether oxygens (including phenoxy) is 1. The van der Waals surface area contributed by atoms with Crippen molar-refractivity contribution in [1.82, 2.24) is 13.5 Å². The first-order chi connectivity index (χ1) is 10.1. The standard InChI is InChI=1S/C14H30N4O3S.ClH/c1-12-9-18(10-13(2)21-12)22(19,20)17-7-5-16(6-8-17)11-14(3,4)15;/h12-13H,5-11,15H2,1-4H3;1H. The molecule has 0 aliphatic carbocycles. The zero-order valence-electron chi connectivity index (χ0n) is 14.6. The fraction of sp³-hybridized carbons (Fsp3) is 1.00. The van der Waals surface area contributed by atoms with E-state index in [9.17, 15) is 8.42 Å². The van der Waals surface area contributed by atoms with Crippen LogP contribution in [-0.4, -0.2) is 85.5 Å². The SMILES string of the molecule is CC1CN(S(=O)(=O)N2CCN(CC(C)(C)N)CC2)CC(C)O1.Cl. The molecule has 0 radical (unpaired) electrons. The maximum atomic E-state index is 12.8. The molecule has 0 saturated carbocycles. The first kappa shape index (κ1) is 21.1. The summed E-state index contributed by atoms with van der Waals surface area (Å²) in [6.07, 6.45) is -0.115. The van der Waals surface area contributed by atoms with Crippen LogP contribution in [0.3, 0.4) is 0 Å². The van der Waals surface area contributed by atoms with Crippen LogP contribution >= 0.6 is 12.4 Å². The number of nitrogens with two attached hydrogens (primary N) is 1. The molecule has 9 heteroatoms. The Labute approximate surface area is 146 Å². The van der Waals surface area contributed by atoms with Crippen molar-refractivity contribution in [1.29, 1.82) is 0 Å². The minimum absolute atomic E-state index is 0. The molecule has 0 aromatic carbocycles. The van der Waals surface area contributed by atoms with E-state index >= 15 is 0 Å². The fourth-order valence-corrected chi connectivity index (χ4v) is 4.93. The van der Waals surface area contributed by atoms with Gasteiger partial charge in [-0.2, -0.15) is 17.0 Å². The van der Waals surface area contributed by atoms with Gasteiger partial charge in [-0.1, -0.05) is 0 Å². The van der Waals surface area contributed by atoms with E-state index in [1.165, 1.54) is 0 Å². The zero-order valence-corrected chi connectivity index (χ0v) is 16.2. The quantitative estimate of drug-likeness (QED) is 0.760. The molecule has 2 aliphatic heterocycles. The second-order valence-corrected chi connectivity index (χ2v) is 9.17. The molecule has 2 unspecified atom stereocenters. The highest BCUT2D eigenvalue weighted by molar-refractivity contribution is 7.86. The summed E-state index contributed by atoms with van der Waals surface area (Å²) in [5.41, 5.74) is 5.78. The van der Waals surface area contributed by atoms with Crippen LogP contribution in [0.2, 0.25) is 0 Å². The largest absolute Gasteiger partial charge is 0.373 e. The lowest BCUT2D eigenvalue weighted by molar-refractivity contribution is -0.0458. The van der Waals surface area contributed by atoms with E-state index in [1.54, 1.807) is 8.61 Å². The van der Waals surface area contributed by atoms with Crippen LogP contribution in [0.4, 0.5) is 0 Å². The number of hydrogen-bond acceptors (Lipinski definition) is 5. The summed E-state index contributed by atoms with van der Waals surface area (Å²) in [4.78, 5) is 2.23. The van der Waals surface area contributed by atoms with E-state index in [-0.39, 0.29) is 30.2 Å². The zero-order chi connectivity index (χ0) is 16.5. The third-order valence-electron chi connectivity index (χ3n) is 4.00. The topological polar surface area (TPSA) is 79.1 Å². The van der Waals surface area contributed by atoms with Crippen molar-refractivity contribution >= 4 is 22.6 Å². The Hall–Kier alpha value is 0.0400. The van der Waals surface area contributed by atoms with Crippen LogP contribution in [0, 0.1) is 0 Å². The number of piperazine rings is 1. The number of nitrogens with zero attached hydrogens (tertiary/aromatic N) is 3. The Kier molecular flexibility index (Phi) is 7.28. The minimum Gasteiger partial charge on any atom is -0.373 e. The summed E-state index contributed by atoms with van der Waals surface area (Å²) in [5, 5.41) is 0. The average Bonchev–Trinajstić information content (AvgIpc) is 2.36. The van der Waals surface area contributed by atoms with Crippen molar-refractivity contribution in [2.45, 2.75) is 45.4 Å². The molecule has 2 N–H and O–H groups in total. The van der Waals surface area contributed by atoms with E-state index in [2.05, 4.69) is 4.90 Å². The molecule has 138 valence electrons. The van der Waals surface area contributed by atoms with Crippen LogP contribution < -0.4 is 5.73 Å². The van der Waals surface area contributed by atoms with Gasteiger partial charge in [0.25, 0.3) is 10.2 Å². The Morgan fingerprint density at radius 2 is 1.52 bits per heavy atom. The summed E-state index contributed by atoms with van der Waals surface area (Å²) in [6.45, 7) is 12.0. The summed E-state index contributed by atoms with van der Waals surface area (Å²) < 4.78 is 34.3. The average molecular weight is 371 g/mol. The van der Waals surface area contributed by atoms with E-state index < -0.39 is 10.2 Å². The van der Waals surface area contributed by atoms with Crippen molar-refractivity contribution in [2.24, 2.45) is 5.73 Å². The maximum Gasteiger partial charge on any atom is 0.282 e. The fourth-order valence-electron chi connectivity index (χ4n) is 3.18. The molecule has 7 nitrogen and oxygen atoms in total.